The predicted octanol–water partition coefficient (Wildman–Crippen LogP) is 3.82. The number of aliphatic hydroxyl groups is 1. The summed E-state index contributed by atoms with van der Waals surface area (Å²) in [5.41, 5.74) is 2.52. The van der Waals surface area contributed by atoms with E-state index in [0.29, 0.717) is 0 Å². The quantitative estimate of drug-likeness (QED) is 0.775. The molecule has 0 bridgehead atoms. The summed E-state index contributed by atoms with van der Waals surface area (Å²) in [4.78, 5) is 12.3. The van der Waals surface area contributed by atoms with Gasteiger partial charge < -0.3 is 10.0 Å². The monoisotopic (exact) mass is 353 g/mol. The Labute approximate surface area is 152 Å². The summed E-state index contributed by atoms with van der Waals surface area (Å²) in [5.74, 6) is 1.01. The normalized spacial score (nSPS) is 21.0. The largest absolute Gasteiger partial charge is 0.396 e. The maximum atomic E-state index is 10.3. The van der Waals surface area contributed by atoms with Crippen molar-refractivity contribution in [3.8, 4) is 0 Å². The molecule has 2 aromatic heterocycles. The van der Waals surface area contributed by atoms with Crippen LogP contribution in [0.2, 0.25) is 0 Å². The average Bonchev–Trinajstić information content (AvgIpc) is 3.13. The minimum absolute atomic E-state index is 0.113. The van der Waals surface area contributed by atoms with Crippen LogP contribution in [0.3, 0.4) is 0 Å². The van der Waals surface area contributed by atoms with Crippen LogP contribution in [-0.4, -0.2) is 34.8 Å². The van der Waals surface area contributed by atoms with Crippen molar-refractivity contribution in [3.05, 3.63) is 53.2 Å². The van der Waals surface area contributed by atoms with Crippen molar-refractivity contribution in [1.29, 1.82) is 0 Å². The minimum Gasteiger partial charge on any atom is -0.396 e. The Hall–Kier alpha value is -1.98. The van der Waals surface area contributed by atoms with E-state index in [-0.39, 0.29) is 12.0 Å². The Kier molecular flexibility index (Phi) is 4.44. The second kappa shape index (κ2) is 6.73. The summed E-state index contributed by atoms with van der Waals surface area (Å²) < 4.78 is 0. The van der Waals surface area contributed by atoms with Crippen LogP contribution in [0.15, 0.2) is 42.0 Å². The fourth-order valence-electron chi connectivity index (χ4n) is 3.96. The van der Waals surface area contributed by atoms with Gasteiger partial charge in [-0.2, -0.15) is 0 Å². The molecule has 0 aliphatic carbocycles. The van der Waals surface area contributed by atoms with Crippen molar-refractivity contribution in [3.63, 3.8) is 0 Å². The molecule has 25 heavy (non-hydrogen) atoms. The predicted molar refractivity (Wildman–Crippen MR) is 103 cm³/mol. The highest BCUT2D eigenvalue weighted by Gasteiger charge is 2.36. The number of rotatable bonds is 4. The van der Waals surface area contributed by atoms with Crippen molar-refractivity contribution >= 4 is 27.4 Å². The van der Waals surface area contributed by atoms with Gasteiger partial charge in [0.15, 0.2) is 0 Å². The first kappa shape index (κ1) is 16.5. The van der Waals surface area contributed by atoms with Gasteiger partial charge in [-0.15, -0.1) is 11.3 Å². The third-order valence-corrected chi connectivity index (χ3v) is 6.18. The molecule has 1 aromatic carbocycles. The van der Waals surface area contributed by atoms with E-state index in [1.54, 1.807) is 17.7 Å². The Morgan fingerprint density at radius 2 is 2.12 bits per heavy atom. The molecular formula is C20H23N3OS. The smallest absolute Gasteiger partial charge is 0.140 e. The second-order valence-electron chi connectivity index (χ2n) is 7.12. The Morgan fingerprint density at radius 1 is 1.24 bits per heavy atom. The molecule has 3 heterocycles. The summed E-state index contributed by atoms with van der Waals surface area (Å²) >= 11 is 1.65. The van der Waals surface area contributed by atoms with Crippen LogP contribution in [-0.2, 0) is 6.42 Å². The summed E-state index contributed by atoms with van der Waals surface area (Å²) in [7, 11) is 0. The highest BCUT2D eigenvalue weighted by atomic mass is 32.1. The fraction of sp³-hybridized carbons (Fsp3) is 0.400. The molecule has 0 spiro atoms. The number of benzene rings is 1. The summed E-state index contributed by atoms with van der Waals surface area (Å²) in [5, 5.41) is 13.5. The molecule has 1 N–H and O–H groups in total. The molecule has 4 rings (SSSR count). The topological polar surface area (TPSA) is 49.2 Å². The zero-order chi connectivity index (χ0) is 17.3. The number of aromatic nitrogens is 2. The van der Waals surface area contributed by atoms with Crippen LogP contribution in [0.4, 0.5) is 5.82 Å². The number of hydrogen-bond acceptors (Lipinski definition) is 5. The number of fused-ring (bicyclic) bond motifs is 1. The molecule has 1 aliphatic heterocycles. The van der Waals surface area contributed by atoms with Gasteiger partial charge in [0.05, 0.1) is 12.0 Å². The molecule has 0 radical (unpaired) electrons. The number of aliphatic hydroxyl groups excluding tert-OH is 1. The first-order valence-corrected chi connectivity index (χ1v) is 9.67. The third-order valence-electron chi connectivity index (χ3n) is 5.36. The van der Waals surface area contributed by atoms with Gasteiger partial charge in [0.1, 0.15) is 17.0 Å². The van der Waals surface area contributed by atoms with Crippen molar-refractivity contribution in [2.24, 2.45) is 5.41 Å². The Bertz CT molecular complexity index is 878. The van der Waals surface area contributed by atoms with Crippen LogP contribution in [0, 0.1) is 12.3 Å². The number of aryl methyl sites for hydroxylation is 1. The number of anilines is 1. The summed E-state index contributed by atoms with van der Waals surface area (Å²) in [6, 6.07) is 10.6. The lowest BCUT2D eigenvalue weighted by Gasteiger charge is -2.43. The lowest BCUT2D eigenvalue weighted by molar-refractivity contribution is 0.105. The molecule has 1 fully saturated rings. The van der Waals surface area contributed by atoms with Crippen molar-refractivity contribution in [2.75, 3.05) is 24.6 Å². The van der Waals surface area contributed by atoms with Gasteiger partial charge in [-0.1, -0.05) is 24.3 Å². The van der Waals surface area contributed by atoms with Gasteiger partial charge in [-0.3, -0.25) is 0 Å². The van der Waals surface area contributed by atoms with Crippen molar-refractivity contribution in [1.82, 2.24) is 9.97 Å². The zero-order valence-electron chi connectivity index (χ0n) is 14.5. The van der Waals surface area contributed by atoms with E-state index in [1.165, 1.54) is 11.1 Å². The van der Waals surface area contributed by atoms with E-state index in [0.717, 1.165) is 48.4 Å². The molecule has 130 valence electrons. The number of thiophene rings is 1. The molecule has 5 heteroatoms. The summed E-state index contributed by atoms with van der Waals surface area (Å²) in [6.07, 6.45) is 4.68. The molecule has 0 unspecified atom stereocenters. The van der Waals surface area contributed by atoms with Crippen LogP contribution < -0.4 is 4.90 Å². The van der Waals surface area contributed by atoms with E-state index in [9.17, 15) is 5.11 Å². The molecule has 0 saturated carbocycles. The maximum Gasteiger partial charge on any atom is 0.140 e. The standard InChI is InChI=1S/C20H23N3OS/c1-15-5-2-3-6-16(15)11-20(13-24)8-4-9-23(12-20)18-17-7-10-25-19(17)22-14-21-18/h2-3,5-7,10,14,24H,4,8-9,11-13H2,1H3/t20-/m1/s1. The SMILES string of the molecule is Cc1ccccc1C[C@]1(CO)CCCN(c2ncnc3sccc23)C1. The fourth-order valence-corrected chi connectivity index (χ4v) is 4.69. The Balaban J connectivity index is 1.64. The van der Waals surface area contributed by atoms with Gasteiger partial charge in [0.2, 0.25) is 0 Å². The van der Waals surface area contributed by atoms with Gasteiger partial charge in [0.25, 0.3) is 0 Å². The van der Waals surface area contributed by atoms with Crippen molar-refractivity contribution in [2.45, 2.75) is 26.2 Å². The first-order chi connectivity index (χ1) is 12.2. The van der Waals surface area contributed by atoms with Crippen LogP contribution in [0.5, 0.6) is 0 Å². The van der Waals surface area contributed by atoms with E-state index in [2.05, 4.69) is 57.5 Å². The second-order valence-corrected chi connectivity index (χ2v) is 8.02. The van der Waals surface area contributed by atoms with Crippen LogP contribution >= 0.6 is 11.3 Å². The van der Waals surface area contributed by atoms with Crippen LogP contribution in [0.1, 0.15) is 24.0 Å². The lowest BCUT2D eigenvalue weighted by Crippen LogP contribution is -2.47. The molecule has 4 nitrogen and oxygen atoms in total. The molecule has 1 aliphatic rings. The number of nitrogens with zero attached hydrogens (tertiary/aromatic N) is 3. The number of piperidine rings is 1. The van der Waals surface area contributed by atoms with Gasteiger partial charge in [-0.25, -0.2) is 9.97 Å². The molecule has 0 amide bonds. The van der Waals surface area contributed by atoms with E-state index in [4.69, 9.17) is 0 Å². The highest BCUT2D eigenvalue weighted by molar-refractivity contribution is 7.16. The zero-order valence-corrected chi connectivity index (χ0v) is 15.3. The van der Waals surface area contributed by atoms with Crippen molar-refractivity contribution < 1.29 is 5.11 Å². The highest BCUT2D eigenvalue weighted by Crippen LogP contribution is 2.37. The van der Waals surface area contributed by atoms with Crippen LogP contribution in [0.25, 0.3) is 10.2 Å². The van der Waals surface area contributed by atoms with E-state index < -0.39 is 0 Å². The maximum absolute atomic E-state index is 10.3. The van der Waals surface area contributed by atoms with Gasteiger partial charge in [-0.05, 0) is 48.8 Å². The molecule has 1 saturated heterocycles. The van der Waals surface area contributed by atoms with E-state index >= 15 is 0 Å². The first-order valence-electron chi connectivity index (χ1n) is 8.79. The average molecular weight is 353 g/mol. The van der Waals surface area contributed by atoms with Gasteiger partial charge >= 0.3 is 0 Å². The van der Waals surface area contributed by atoms with E-state index in [1.807, 2.05) is 0 Å². The molecule has 3 aromatic rings. The van der Waals surface area contributed by atoms with Gasteiger partial charge in [0, 0.05) is 18.5 Å². The Morgan fingerprint density at radius 3 is 2.96 bits per heavy atom. The minimum atomic E-state index is -0.113. The number of hydrogen-bond donors (Lipinski definition) is 1. The summed E-state index contributed by atoms with van der Waals surface area (Å²) in [6.45, 7) is 4.17. The molecule has 1 atom stereocenters. The molecular weight excluding hydrogens is 330 g/mol. The lowest BCUT2D eigenvalue weighted by atomic mass is 9.75. The third kappa shape index (κ3) is 3.14.